The average Bonchev–Trinajstić information content (AvgIpc) is 2.06. The summed E-state index contributed by atoms with van der Waals surface area (Å²) in [4.78, 5) is 0. The molecule has 0 heterocycles. The van der Waals surface area contributed by atoms with Gasteiger partial charge >= 0.3 is 12.4 Å². The minimum Gasteiger partial charge on any atom is -0.508 e. The van der Waals surface area contributed by atoms with Crippen LogP contribution in [0.3, 0.4) is 0 Å². The Morgan fingerprint density at radius 3 is 1.47 bits per heavy atom. The molecule has 2 nitrogen and oxygen atoms in total. The van der Waals surface area contributed by atoms with E-state index in [1.54, 1.807) is 0 Å². The molecule has 0 saturated heterocycles. The van der Waals surface area contributed by atoms with Crippen molar-refractivity contribution in [2.24, 2.45) is 0 Å². The Kier molecular flexibility index (Phi) is 3.17. The first-order valence-electron chi connectivity index (χ1n) is 4.19. The second-order valence-corrected chi connectivity index (χ2v) is 3.23. The molecular formula is C9H6F6O2. The van der Waals surface area contributed by atoms with Gasteiger partial charge in [-0.25, -0.2) is 0 Å². The van der Waals surface area contributed by atoms with E-state index in [-0.39, 0.29) is 0 Å². The molecule has 1 rings (SSSR count). The molecule has 0 atom stereocenters. The number of hydrogen-bond acceptors (Lipinski definition) is 2. The molecule has 0 aliphatic rings. The molecule has 0 aromatic heterocycles. The van der Waals surface area contributed by atoms with Crippen LogP contribution in [-0.4, -0.2) is 22.6 Å². The molecule has 0 aliphatic carbocycles. The Morgan fingerprint density at radius 1 is 0.824 bits per heavy atom. The van der Waals surface area contributed by atoms with Gasteiger partial charge < -0.3 is 10.2 Å². The van der Waals surface area contributed by atoms with E-state index in [1.807, 2.05) is 0 Å². The van der Waals surface area contributed by atoms with Crippen LogP contribution in [-0.2, 0) is 0 Å². The minimum absolute atomic E-state index is 0.638. The molecule has 0 radical (unpaired) electrons. The molecule has 0 spiro atoms. The quantitative estimate of drug-likeness (QED) is 0.760. The van der Waals surface area contributed by atoms with Gasteiger partial charge in [-0.15, -0.1) is 0 Å². The number of phenolic OH excluding ortho intramolecular Hbond substituents is 2. The Labute approximate surface area is 91.1 Å². The van der Waals surface area contributed by atoms with E-state index in [1.165, 1.54) is 0 Å². The van der Waals surface area contributed by atoms with Gasteiger partial charge in [-0.1, -0.05) is 6.07 Å². The highest BCUT2D eigenvalue weighted by Gasteiger charge is 2.59. The second kappa shape index (κ2) is 4.01. The number of halogens is 6. The summed E-state index contributed by atoms with van der Waals surface area (Å²) in [6, 6.07) is 2.21. The molecular weight excluding hydrogens is 254 g/mol. The molecule has 2 N–H and O–H groups in total. The summed E-state index contributed by atoms with van der Waals surface area (Å²) in [5.74, 6) is -6.44. The predicted molar refractivity (Wildman–Crippen MR) is 44.6 cm³/mol. The van der Waals surface area contributed by atoms with Crippen molar-refractivity contribution in [2.75, 3.05) is 0 Å². The second-order valence-electron chi connectivity index (χ2n) is 3.23. The number of alkyl halides is 6. The van der Waals surface area contributed by atoms with Gasteiger partial charge in [0, 0.05) is 0 Å². The first-order chi connectivity index (χ1) is 7.55. The fourth-order valence-corrected chi connectivity index (χ4v) is 1.35. The van der Waals surface area contributed by atoms with Crippen LogP contribution in [0.1, 0.15) is 11.5 Å². The first-order valence-corrected chi connectivity index (χ1v) is 4.19. The van der Waals surface area contributed by atoms with Crippen LogP contribution in [0, 0.1) is 0 Å². The lowest BCUT2D eigenvalue weighted by molar-refractivity contribution is -0.254. The lowest BCUT2D eigenvalue weighted by Crippen LogP contribution is -2.34. The van der Waals surface area contributed by atoms with Crippen LogP contribution in [0.5, 0.6) is 11.5 Å². The van der Waals surface area contributed by atoms with E-state index in [9.17, 15) is 26.3 Å². The molecule has 1 aromatic rings. The Hall–Kier alpha value is -1.60. The van der Waals surface area contributed by atoms with Gasteiger partial charge in [0.15, 0.2) is 5.92 Å². The molecule has 17 heavy (non-hydrogen) atoms. The Balaban J connectivity index is 3.44. The Morgan fingerprint density at radius 2 is 1.18 bits per heavy atom. The van der Waals surface area contributed by atoms with E-state index in [0.717, 1.165) is 6.07 Å². The third-order valence-corrected chi connectivity index (χ3v) is 2.00. The van der Waals surface area contributed by atoms with Crippen molar-refractivity contribution in [2.45, 2.75) is 18.3 Å². The van der Waals surface area contributed by atoms with Crippen LogP contribution < -0.4 is 0 Å². The lowest BCUT2D eigenvalue weighted by Gasteiger charge is -2.24. The number of rotatable bonds is 1. The summed E-state index contributed by atoms with van der Waals surface area (Å²) < 4.78 is 73.9. The zero-order chi connectivity index (χ0) is 13.4. The van der Waals surface area contributed by atoms with Crippen molar-refractivity contribution in [3.8, 4) is 11.5 Å². The van der Waals surface area contributed by atoms with Crippen LogP contribution in [0.25, 0.3) is 0 Å². The summed E-state index contributed by atoms with van der Waals surface area (Å²) in [7, 11) is 0. The van der Waals surface area contributed by atoms with Gasteiger partial charge in [0.2, 0.25) is 0 Å². The molecule has 0 fully saturated rings. The standard InChI is InChI=1S/C9H6F6O2/c10-8(11,12)7(9(13,14)15)6-4(16)2-1-3-5(6)17/h1-3,7,16-17H. The van der Waals surface area contributed by atoms with Crippen molar-refractivity contribution in [3.63, 3.8) is 0 Å². The maximum atomic E-state index is 12.3. The Bertz CT molecular complexity index is 375. The normalized spacial score (nSPS) is 13.1. The average molecular weight is 260 g/mol. The monoisotopic (exact) mass is 260 g/mol. The van der Waals surface area contributed by atoms with E-state index >= 15 is 0 Å². The molecule has 96 valence electrons. The van der Waals surface area contributed by atoms with Gasteiger partial charge in [0.1, 0.15) is 11.5 Å². The van der Waals surface area contributed by atoms with Crippen molar-refractivity contribution in [1.82, 2.24) is 0 Å². The number of benzene rings is 1. The van der Waals surface area contributed by atoms with Gasteiger partial charge in [0.25, 0.3) is 0 Å². The smallest absolute Gasteiger partial charge is 0.404 e. The topological polar surface area (TPSA) is 40.5 Å². The van der Waals surface area contributed by atoms with E-state index in [2.05, 4.69) is 0 Å². The van der Waals surface area contributed by atoms with Crippen molar-refractivity contribution >= 4 is 0 Å². The fraction of sp³-hybridized carbons (Fsp3) is 0.333. The highest BCUT2D eigenvalue weighted by Crippen LogP contribution is 2.51. The number of hydrogen-bond donors (Lipinski definition) is 2. The molecule has 1 aromatic carbocycles. The van der Waals surface area contributed by atoms with Crippen LogP contribution in [0.2, 0.25) is 0 Å². The maximum Gasteiger partial charge on any atom is 0.404 e. The van der Waals surface area contributed by atoms with Gasteiger partial charge in [-0.2, -0.15) is 26.3 Å². The lowest BCUT2D eigenvalue weighted by atomic mass is 9.96. The fourth-order valence-electron chi connectivity index (χ4n) is 1.35. The molecule has 0 saturated carbocycles. The first kappa shape index (κ1) is 13.5. The van der Waals surface area contributed by atoms with E-state index in [4.69, 9.17) is 10.2 Å². The SMILES string of the molecule is Oc1cccc(O)c1C(C(F)(F)F)C(F)(F)F. The molecule has 0 bridgehead atoms. The molecule has 0 unspecified atom stereocenters. The van der Waals surface area contributed by atoms with Crippen LogP contribution in [0.15, 0.2) is 18.2 Å². The maximum absolute atomic E-state index is 12.3. The predicted octanol–water partition coefficient (Wildman–Crippen LogP) is 3.31. The number of aromatic hydroxyl groups is 2. The molecule has 0 amide bonds. The summed E-state index contributed by atoms with van der Waals surface area (Å²) >= 11 is 0. The molecule has 0 aliphatic heterocycles. The highest BCUT2D eigenvalue weighted by atomic mass is 19.4. The number of phenols is 2. The summed E-state index contributed by atoms with van der Waals surface area (Å²) in [6.45, 7) is 0. The largest absolute Gasteiger partial charge is 0.508 e. The van der Waals surface area contributed by atoms with Crippen LogP contribution >= 0.6 is 0 Å². The minimum atomic E-state index is -5.66. The third kappa shape index (κ3) is 2.75. The van der Waals surface area contributed by atoms with E-state index in [0.29, 0.717) is 12.1 Å². The van der Waals surface area contributed by atoms with Gasteiger partial charge in [0.05, 0.1) is 5.56 Å². The molecule has 8 heteroatoms. The van der Waals surface area contributed by atoms with Crippen molar-refractivity contribution in [1.29, 1.82) is 0 Å². The highest BCUT2D eigenvalue weighted by molar-refractivity contribution is 5.46. The summed E-state index contributed by atoms with van der Waals surface area (Å²) in [5.41, 5.74) is -1.59. The van der Waals surface area contributed by atoms with E-state index < -0.39 is 35.3 Å². The van der Waals surface area contributed by atoms with Crippen molar-refractivity contribution < 1.29 is 36.6 Å². The van der Waals surface area contributed by atoms with Crippen molar-refractivity contribution in [3.05, 3.63) is 23.8 Å². The van der Waals surface area contributed by atoms with Gasteiger partial charge in [-0.3, -0.25) is 0 Å². The van der Waals surface area contributed by atoms with Crippen LogP contribution in [0.4, 0.5) is 26.3 Å². The summed E-state index contributed by atoms with van der Waals surface area (Å²) in [6.07, 6.45) is -11.3. The third-order valence-electron chi connectivity index (χ3n) is 2.00. The summed E-state index contributed by atoms with van der Waals surface area (Å²) in [5, 5.41) is 18.1. The zero-order valence-corrected chi connectivity index (χ0v) is 7.97. The van der Waals surface area contributed by atoms with Gasteiger partial charge in [-0.05, 0) is 12.1 Å². The zero-order valence-electron chi connectivity index (χ0n) is 7.97.